The SMILES string of the molecule is C=CCOc1cccc([C@@H]2/C(=C(\O)c3ccc4c(c3)C[C@H](C)O4)C(=O)C(=O)N2CCc2ccccc2)c1. The summed E-state index contributed by atoms with van der Waals surface area (Å²) in [6.07, 6.45) is 2.99. The second-order valence-electron chi connectivity index (χ2n) is 9.36. The van der Waals surface area contributed by atoms with Crippen molar-refractivity contribution in [2.24, 2.45) is 0 Å². The number of amides is 1. The van der Waals surface area contributed by atoms with Crippen LogP contribution < -0.4 is 9.47 Å². The highest BCUT2D eigenvalue weighted by Gasteiger charge is 2.46. The number of hydrogen-bond donors (Lipinski definition) is 1. The Morgan fingerprint density at radius 3 is 2.70 bits per heavy atom. The highest BCUT2D eigenvalue weighted by Crippen LogP contribution is 2.41. The second kappa shape index (κ2) is 10.3. The average Bonchev–Trinajstić information content (AvgIpc) is 3.41. The zero-order chi connectivity index (χ0) is 25.9. The lowest BCUT2D eigenvalue weighted by Crippen LogP contribution is -2.31. The minimum atomic E-state index is -0.751. The lowest BCUT2D eigenvalue weighted by molar-refractivity contribution is -0.139. The normalized spacial score (nSPS) is 20.0. The van der Waals surface area contributed by atoms with Crippen molar-refractivity contribution >= 4 is 17.4 Å². The van der Waals surface area contributed by atoms with E-state index in [2.05, 4.69) is 6.58 Å². The standard InChI is InChI=1S/C31H29NO5/c1-3-16-36-25-11-7-10-22(19-25)28-27(29(33)23-12-13-26-24(18-23)17-20(2)37-26)30(34)31(35)32(28)15-14-21-8-5-4-6-9-21/h3-13,18-20,28,33H,1,14-17H2,2H3/b29-27+/t20-,28+/m0/s1. The molecule has 1 N–H and O–H groups in total. The molecule has 188 valence electrons. The van der Waals surface area contributed by atoms with Gasteiger partial charge in [-0.25, -0.2) is 0 Å². The third-order valence-electron chi connectivity index (χ3n) is 6.74. The van der Waals surface area contributed by atoms with Crippen LogP contribution in [0.5, 0.6) is 11.5 Å². The number of benzene rings is 3. The Morgan fingerprint density at radius 1 is 1.11 bits per heavy atom. The zero-order valence-corrected chi connectivity index (χ0v) is 20.7. The van der Waals surface area contributed by atoms with E-state index >= 15 is 0 Å². The fourth-order valence-electron chi connectivity index (χ4n) is 5.01. The fraction of sp³-hybridized carbons (Fsp3) is 0.226. The summed E-state index contributed by atoms with van der Waals surface area (Å²) >= 11 is 0. The minimum Gasteiger partial charge on any atom is -0.507 e. The van der Waals surface area contributed by atoms with Crippen molar-refractivity contribution in [1.82, 2.24) is 4.90 Å². The summed E-state index contributed by atoms with van der Waals surface area (Å²) in [4.78, 5) is 28.2. The van der Waals surface area contributed by atoms with Gasteiger partial charge in [-0.2, -0.15) is 0 Å². The van der Waals surface area contributed by atoms with Crippen molar-refractivity contribution in [2.45, 2.75) is 31.9 Å². The quantitative estimate of drug-likeness (QED) is 0.200. The van der Waals surface area contributed by atoms with E-state index in [1.54, 1.807) is 29.2 Å². The van der Waals surface area contributed by atoms with E-state index in [0.717, 1.165) is 16.9 Å². The van der Waals surface area contributed by atoms with E-state index in [1.807, 2.05) is 61.5 Å². The number of Topliss-reactive ketones (excluding diaryl/α,β-unsaturated/α-hetero) is 1. The number of aliphatic hydroxyl groups is 1. The smallest absolute Gasteiger partial charge is 0.295 e. The van der Waals surface area contributed by atoms with Crippen LogP contribution in [0.3, 0.4) is 0 Å². The molecule has 5 rings (SSSR count). The van der Waals surface area contributed by atoms with E-state index in [1.165, 1.54) is 0 Å². The van der Waals surface area contributed by atoms with E-state index in [9.17, 15) is 14.7 Å². The molecular weight excluding hydrogens is 466 g/mol. The van der Waals surface area contributed by atoms with Crippen LogP contribution in [-0.2, 0) is 22.4 Å². The van der Waals surface area contributed by atoms with Crippen LogP contribution in [-0.4, -0.2) is 41.0 Å². The van der Waals surface area contributed by atoms with Crippen molar-refractivity contribution in [1.29, 1.82) is 0 Å². The first-order chi connectivity index (χ1) is 18.0. The monoisotopic (exact) mass is 495 g/mol. The van der Waals surface area contributed by atoms with Crippen LogP contribution >= 0.6 is 0 Å². The molecule has 3 aromatic carbocycles. The molecule has 1 amide bonds. The van der Waals surface area contributed by atoms with Gasteiger partial charge in [-0.15, -0.1) is 0 Å². The first kappa shape index (κ1) is 24.4. The first-order valence-electron chi connectivity index (χ1n) is 12.4. The van der Waals surface area contributed by atoms with Crippen LogP contribution in [0.2, 0.25) is 0 Å². The number of aliphatic hydroxyl groups excluding tert-OH is 1. The molecule has 6 nitrogen and oxygen atoms in total. The van der Waals surface area contributed by atoms with Crippen molar-refractivity contribution in [3.05, 3.63) is 113 Å². The molecule has 0 saturated carbocycles. The minimum absolute atomic E-state index is 0.0502. The van der Waals surface area contributed by atoms with Crippen molar-refractivity contribution in [3.63, 3.8) is 0 Å². The number of likely N-dealkylation sites (tertiary alicyclic amines) is 1. The molecule has 0 unspecified atom stereocenters. The number of ketones is 1. The van der Waals surface area contributed by atoms with Crippen molar-refractivity contribution < 1.29 is 24.2 Å². The molecule has 3 aromatic rings. The van der Waals surface area contributed by atoms with Gasteiger partial charge in [-0.1, -0.05) is 55.1 Å². The summed E-state index contributed by atoms with van der Waals surface area (Å²) in [6.45, 7) is 6.32. The zero-order valence-electron chi connectivity index (χ0n) is 20.7. The Kier molecular flexibility index (Phi) is 6.82. The number of carbonyl (C=O) groups excluding carboxylic acids is 2. The molecule has 2 aliphatic rings. The summed E-state index contributed by atoms with van der Waals surface area (Å²) in [5.41, 5.74) is 3.27. The highest BCUT2D eigenvalue weighted by atomic mass is 16.5. The molecule has 0 spiro atoms. The molecule has 2 atom stereocenters. The largest absolute Gasteiger partial charge is 0.507 e. The van der Waals surface area contributed by atoms with Crippen LogP contribution in [0, 0.1) is 0 Å². The molecule has 0 aliphatic carbocycles. The summed E-state index contributed by atoms with van der Waals surface area (Å²) in [5.74, 6) is -0.146. The Morgan fingerprint density at radius 2 is 1.92 bits per heavy atom. The summed E-state index contributed by atoms with van der Waals surface area (Å²) in [7, 11) is 0. The number of hydrogen-bond acceptors (Lipinski definition) is 5. The van der Waals surface area contributed by atoms with E-state index < -0.39 is 17.7 Å². The summed E-state index contributed by atoms with van der Waals surface area (Å²) < 4.78 is 11.5. The van der Waals surface area contributed by atoms with Gasteiger partial charge in [0.15, 0.2) is 0 Å². The maximum atomic E-state index is 13.4. The average molecular weight is 496 g/mol. The third-order valence-corrected chi connectivity index (χ3v) is 6.74. The van der Waals surface area contributed by atoms with Gasteiger partial charge >= 0.3 is 0 Å². The van der Waals surface area contributed by atoms with Crippen LogP contribution in [0.4, 0.5) is 0 Å². The van der Waals surface area contributed by atoms with Gasteiger partial charge in [0.1, 0.15) is 30.0 Å². The Bertz CT molecular complexity index is 1380. The van der Waals surface area contributed by atoms with Crippen LogP contribution in [0.1, 0.15) is 35.2 Å². The summed E-state index contributed by atoms with van der Waals surface area (Å²) in [6, 6.07) is 21.7. The third kappa shape index (κ3) is 4.87. The van der Waals surface area contributed by atoms with E-state index in [4.69, 9.17) is 9.47 Å². The summed E-state index contributed by atoms with van der Waals surface area (Å²) in [5, 5.41) is 11.4. The molecular formula is C31H29NO5. The first-order valence-corrected chi connectivity index (χ1v) is 12.4. The van der Waals surface area contributed by atoms with Gasteiger partial charge in [-0.05, 0) is 60.4 Å². The molecule has 6 heteroatoms. The molecule has 1 fully saturated rings. The van der Waals surface area contributed by atoms with E-state index in [-0.39, 0.29) is 17.4 Å². The number of carbonyl (C=O) groups is 2. The van der Waals surface area contributed by atoms with Crippen molar-refractivity contribution in [3.8, 4) is 11.5 Å². The topological polar surface area (TPSA) is 76.1 Å². The number of ether oxygens (including phenoxy) is 2. The maximum absolute atomic E-state index is 13.4. The predicted molar refractivity (Wildman–Crippen MR) is 142 cm³/mol. The second-order valence-corrected chi connectivity index (χ2v) is 9.36. The maximum Gasteiger partial charge on any atom is 0.295 e. The molecule has 1 saturated heterocycles. The predicted octanol–water partition coefficient (Wildman–Crippen LogP) is 5.24. The van der Waals surface area contributed by atoms with Gasteiger partial charge < -0.3 is 19.5 Å². The molecule has 2 aliphatic heterocycles. The molecule has 0 radical (unpaired) electrons. The van der Waals surface area contributed by atoms with Gasteiger partial charge in [0.2, 0.25) is 0 Å². The number of rotatable bonds is 8. The van der Waals surface area contributed by atoms with Crippen LogP contribution in [0.15, 0.2) is 91.0 Å². The van der Waals surface area contributed by atoms with Crippen molar-refractivity contribution in [2.75, 3.05) is 13.2 Å². The van der Waals surface area contributed by atoms with E-state index in [0.29, 0.717) is 42.9 Å². The Labute approximate surface area is 216 Å². The lowest BCUT2D eigenvalue weighted by atomic mass is 9.94. The van der Waals surface area contributed by atoms with Gasteiger partial charge in [-0.3, -0.25) is 9.59 Å². The number of nitrogens with zero attached hydrogens (tertiary/aromatic N) is 1. The van der Waals surface area contributed by atoms with Gasteiger partial charge in [0, 0.05) is 18.5 Å². The number of fused-ring (bicyclic) bond motifs is 1. The Hall–Kier alpha value is -4.32. The van der Waals surface area contributed by atoms with Gasteiger partial charge in [0.05, 0.1) is 11.6 Å². The highest BCUT2D eigenvalue weighted by molar-refractivity contribution is 6.46. The molecule has 37 heavy (non-hydrogen) atoms. The molecule has 2 heterocycles. The van der Waals surface area contributed by atoms with Crippen LogP contribution in [0.25, 0.3) is 5.76 Å². The Balaban J connectivity index is 1.57. The van der Waals surface area contributed by atoms with Gasteiger partial charge in [0.25, 0.3) is 11.7 Å². The molecule has 0 bridgehead atoms. The fourth-order valence-corrected chi connectivity index (χ4v) is 5.01. The lowest BCUT2D eigenvalue weighted by Gasteiger charge is -2.26. The molecule has 0 aromatic heterocycles.